The molecule has 1 amide bonds. The Labute approximate surface area is 143 Å². The summed E-state index contributed by atoms with van der Waals surface area (Å²) < 4.78 is 5.64. The molecule has 1 aliphatic carbocycles. The van der Waals surface area contributed by atoms with Crippen LogP contribution in [0.1, 0.15) is 30.1 Å². The van der Waals surface area contributed by atoms with E-state index in [4.69, 9.17) is 4.74 Å². The first-order valence-electron chi connectivity index (χ1n) is 8.05. The number of carbonyl (C=O) groups is 1. The van der Waals surface area contributed by atoms with E-state index in [-0.39, 0.29) is 11.8 Å². The van der Waals surface area contributed by atoms with Crippen LogP contribution >= 0.6 is 0 Å². The molecule has 2 N–H and O–H groups in total. The summed E-state index contributed by atoms with van der Waals surface area (Å²) in [4.78, 5) is 12.6. The maximum atomic E-state index is 12.6. The first kappa shape index (κ1) is 15.3. The zero-order chi connectivity index (χ0) is 17.1. The number of carbonyl (C=O) groups excluding carboxylic acids is 1. The Balaban J connectivity index is 1.48. The molecule has 25 heavy (non-hydrogen) atoms. The molecule has 1 aromatic carbocycles. The van der Waals surface area contributed by atoms with Crippen LogP contribution in [-0.2, 0) is 11.2 Å². The van der Waals surface area contributed by atoms with Gasteiger partial charge in [-0.15, -0.1) is 5.10 Å². The summed E-state index contributed by atoms with van der Waals surface area (Å²) in [6.07, 6.45) is 4.12. The summed E-state index contributed by atoms with van der Waals surface area (Å²) in [5, 5.41) is 21.4. The highest BCUT2D eigenvalue weighted by atomic mass is 16.5. The lowest BCUT2D eigenvalue weighted by molar-refractivity contribution is -0.118. The fourth-order valence-corrected chi connectivity index (χ4v) is 2.92. The van der Waals surface area contributed by atoms with E-state index in [1.54, 1.807) is 30.5 Å². The molecule has 0 bridgehead atoms. The molecule has 1 unspecified atom stereocenters. The number of hydrogen-bond donors (Lipinski definition) is 2. The van der Waals surface area contributed by atoms with Crippen LogP contribution in [0.25, 0.3) is 0 Å². The van der Waals surface area contributed by atoms with Crippen LogP contribution in [0, 0.1) is 0 Å². The highest BCUT2D eigenvalue weighted by Gasteiger charge is 2.29. The van der Waals surface area contributed by atoms with Crippen molar-refractivity contribution in [2.24, 2.45) is 0 Å². The third-order valence-corrected chi connectivity index (χ3v) is 4.08. The molecule has 4 rings (SSSR count). The lowest BCUT2D eigenvalue weighted by Gasteiger charge is -2.19. The van der Waals surface area contributed by atoms with Crippen molar-refractivity contribution in [3.05, 3.63) is 54.0 Å². The van der Waals surface area contributed by atoms with Crippen LogP contribution in [0.4, 0.5) is 5.69 Å². The predicted molar refractivity (Wildman–Crippen MR) is 89.2 cm³/mol. The Morgan fingerprint density at radius 2 is 2.20 bits per heavy atom. The molecule has 0 fully saturated rings. The normalized spacial score (nSPS) is 16.1. The van der Waals surface area contributed by atoms with Crippen molar-refractivity contribution in [1.82, 2.24) is 25.6 Å². The van der Waals surface area contributed by atoms with Gasteiger partial charge in [0.25, 0.3) is 0 Å². The lowest BCUT2D eigenvalue weighted by Crippen LogP contribution is -2.24. The Bertz CT molecular complexity index is 880. The van der Waals surface area contributed by atoms with Crippen LogP contribution in [0.5, 0.6) is 11.6 Å². The van der Waals surface area contributed by atoms with Crippen LogP contribution in [0.2, 0.25) is 0 Å². The van der Waals surface area contributed by atoms with Gasteiger partial charge in [-0.2, -0.15) is 20.5 Å². The molecule has 1 atom stereocenters. The van der Waals surface area contributed by atoms with Gasteiger partial charge in [0, 0.05) is 24.0 Å². The van der Waals surface area contributed by atoms with Crippen molar-refractivity contribution in [2.75, 3.05) is 5.32 Å². The van der Waals surface area contributed by atoms with Gasteiger partial charge in [0.2, 0.25) is 11.8 Å². The summed E-state index contributed by atoms with van der Waals surface area (Å²) in [5.41, 5.74) is 2.28. The van der Waals surface area contributed by atoms with Crippen molar-refractivity contribution in [3.63, 3.8) is 0 Å². The van der Waals surface area contributed by atoms with Crippen molar-refractivity contribution in [3.8, 4) is 11.6 Å². The maximum Gasteiger partial charge on any atom is 0.238 e. The van der Waals surface area contributed by atoms with Crippen molar-refractivity contribution in [1.29, 1.82) is 0 Å². The average Bonchev–Trinajstić information content (AvgIpc) is 3.11. The molecule has 0 spiro atoms. The molecule has 8 nitrogen and oxygen atoms in total. The number of benzene rings is 1. The molecular formula is C17H16N6O2. The summed E-state index contributed by atoms with van der Waals surface area (Å²) in [6.45, 7) is 0. The smallest absolute Gasteiger partial charge is 0.238 e. The van der Waals surface area contributed by atoms with Gasteiger partial charge in [-0.1, -0.05) is 6.07 Å². The van der Waals surface area contributed by atoms with Crippen molar-refractivity contribution >= 4 is 11.6 Å². The van der Waals surface area contributed by atoms with Crippen molar-refractivity contribution in [2.45, 2.75) is 25.2 Å². The number of aryl methyl sites for hydroxylation is 1. The van der Waals surface area contributed by atoms with E-state index in [2.05, 4.69) is 30.9 Å². The Morgan fingerprint density at radius 1 is 1.24 bits per heavy atom. The highest BCUT2D eigenvalue weighted by Crippen LogP contribution is 2.30. The summed E-state index contributed by atoms with van der Waals surface area (Å²) >= 11 is 0. The second-order valence-electron chi connectivity index (χ2n) is 5.78. The quantitative estimate of drug-likeness (QED) is 0.758. The number of anilines is 1. The molecule has 0 aliphatic heterocycles. The van der Waals surface area contributed by atoms with Gasteiger partial charge in [-0.25, -0.2) is 0 Å². The molecule has 0 saturated carbocycles. The van der Waals surface area contributed by atoms with E-state index in [9.17, 15) is 4.79 Å². The largest absolute Gasteiger partial charge is 0.437 e. The zero-order valence-electron chi connectivity index (χ0n) is 13.3. The number of rotatable bonds is 4. The monoisotopic (exact) mass is 336 g/mol. The Morgan fingerprint density at radius 3 is 3.08 bits per heavy atom. The third-order valence-electron chi connectivity index (χ3n) is 4.08. The molecule has 3 aromatic rings. The molecule has 0 radical (unpaired) electrons. The zero-order valence-corrected chi connectivity index (χ0v) is 13.3. The second-order valence-corrected chi connectivity index (χ2v) is 5.78. The average molecular weight is 336 g/mol. The van der Waals surface area contributed by atoms with Gasteiger partial charge in [-0.05, 0) is 37.5 Å². The second kappa shape index (κ2) is 6.68. The molecule has 8 heteroatoms. The van der Waals surface area contributed by atoms with E-state index in [1.807, 2.05) is 12.1 Å². The standard InChI is InChI=1S/C17H16N6O2/c24-17(13-6-2-7-14-16(13)22-23-20-14)19-11-4-1-5-12(10-11)25-15-8-3-9-18-21-15/h1,3-5,8-10,13H,2,6-7H2,(H,19,24)(H,20,22,23). The Kier molecular flexibility index (Phi) is 4.07. The minimum Gasteiger partial charge on any atom is -0.437 e. The number of fused-ring (bicyclic) bond motifs is 1. The molecule has 2 aromatic heterocycles. The van der Waals surface area contributed by atoms with E-state index < -0.39 is 0 Å². The predicted octanol–water partition coefficient (Wildman–Crippen LogP) is 2.45. The first-order valence-corrected chi connectivity index (χ1v) is 8.05. The molecule has 126 valence electrons. The van der Waals surface area contributed by atoms with Crippen LogP contribution in [0.15, 0.2) is 42.6 Å². The van der Waals surface area contributed by atoms with Crippen LogP contribution in [0.3, 0.4) is 0 Å². The summed E-state index contributed by atoms with van der Waals surface area (Å²) in [7, 11) is 0. The van der Waals surface area contributed by atoms with Crippen LogP contribution in [-0.4, -0.2) is 31.5 Å². The third kappa shape index (κ3) is 3.32. The fraction of sp³-hybridized carbons (Fsp3) is 0.235. The SMILES string of the molecule is O=C(Nc1cccc(Oc2cccnn2)c1)C1CCCc2n[nH]nc21. The minimum absolute atomic E-state index is 0.0912. The number of nitrogens with one attached hydrogen (secondary N) is 2. The Hall–Kier alpha value is -3.29. The van der Waals surface area contributed by atoms with Gasteiger partial charge in [0.05, 0.1) is 17.3 Å². The molecule has 0 saturated heterocycles. The number of nitrogens with zero attached hydrogens (tertiary/aromatic N) is 4. The van der Waals surface area contributed by atoms with Gasteiger partial charge >= 0.3 is 0 Å². The number of H-pyrrole nitrogens is 1. The van der Waals surface area contributed by atoms with Crippen molar-refractivity contribution < 1.29 is 9.53 Å². The van der Waals surface area contributed by atoms with E-state index in [0.717, 1.165) is 30.7 Å². The van der Waals surface area contributed by atoms with Gasteiger partial charge in [0.15, 0.2) is 0 Å². The molecule has 1 aliphatic rings. The maximum absolute atomic E-state index is 12.6. The summed E-state index contributed by atoms with van der Waals surface area (Å²) in [6, 6.07) is 10.6. The number of ether oxygens (including phenoxy) is 1. The van der Waals surface area contributed by atoms with Gasteiger partial charge in [0.1, 0.15) is 5.75 Å². The molecular weight excluding hydrogens is 320 g/mol. The van der Waals surface area contributed by atoms with Gasteiger partial charge < -0.3 is 10.1 Å². The number of aromatic amines is 1. The summed E-state index contributed by atoms with van der Waals surface area (Å²) in [5.74, 6) is 0.591. The fourth-order valence-electron chi connectivity index (χ4n) is 2.92. The van der Waals surface area contributed by atoms with E-state index in [1.165, 1.54) is 0 Å². The lowest BCUT2D eigenvalue weighted by atomic mass is 9.89. The highest BCUT2D eigenvalue weighted by molar-refractivity contribution is 5.96. The number of aromatic nitrogens is 5. The first-order chi connectivity index (χ1) is 12.3. The van der Waals surface area contributed by atoms with E-state index >= 15 is 0 Å². The van der Waals surface area contributed by atoms with E-state index in [0.29, 0.717) is 17.3 Å². The topological polar surface area (TPSA) is 106 Å². The number of amides is 1. The number of hydrogen-bond acceptors (Lipinski definition) is 6. The molecule has 2 heterocycles. The minimum atomic E-state index is -0.285. The van der Waals surface area contributed by atoms with Gasteiger partial charge in [-0.3, -0.25) is 4.79 Å². The van der Waals surface area contributed by atoms with Crippen LogP contribution < -0.4 is 10.1 Å².